The standard InChI is InChI=1S/C28H27N3O4/c1-4-34-25-13-9-23(10-14-25)31-28(33)22(17-29)16-21-6-11-26(12-7-21)35-18-27(32)30-24-8-5-19(2)20(3)15-24/h5-16H,4,18H2,1-3H3,(H,30,32)(H,31,33)/b22-16+. The van der Waals surface area contributed by atoms with E-state index >= 15 is 0 Å². The molecule has 0 aliphatic heterocycles. The molecule has 35 heavy (non-hydrogen) atoms. The number of rotatable bonds is 9. The van der Waals surface area contributed by atoms with Gasteiger partial charge >= 0.3 is 0 Å². The van der Waals surface area contributed by atoms with Crippen molar-refractivity contribution in [2.75, 3.05) is 23.8 Å². The summed E-state index contributed by atoms with van der Waals surface area (Å²) >= 11 is 0. The summed E-state index contributed by atoms with van der Waals surface area (Å²) in [5, 5.41) is 14.9. The number of hydrogen-bond acceptors (Lipinski definition) is 5. The molecular weight excluding hydrogens is 442 g/mol. The summed E-state index contributed by atoms with van der Waals surface area (Å²) < 4.78 is 10.9. The SMILES string of the molecule is CCOc1ccc(NC(=O)/C(C#N)=C/c2ccc(OCC(=O)Nc3ccc(C)c(C)c3)cc2)cc1. The predicted molar refractivity (Wildman–Crippen MR) is 136 cm³/mol. The third-order valence-electron chi connectivity index (χ3n) is 5.14. The van der Waals surface area contributed by atoms with Gasteiger partial charge in [0.15, 0.2) is 6.61 Å². The lowest BCUT2D eigenvalue weighted by Crippen LogP contribution is -2.20. The Morgan fingerprint density at radius 2 is 1.49 bits per heavy atom. The summed E-state index contributed by atoms with van der Waals surface area (Å²) in [6.07, 6.45) is 1.49. The predicted octanol–water partition coefficient (Wildman–Crippen LogP) is 5.27. The first kappa shape index (κ1) is 25.1. The van der Waals surface area contributed by atoms with E-state index in [1.165, 1.54) is 6.08 Å². The van der Waals surface area contributed by atoms with Gasteiger partial charge < -0.3 is 20.1 Å². The summed E-state index contributed by atoms with van der Waals surface area (Å²) in [5.74, 6) is 0.413. The molecule has 0 bridgehead atoms. The second-order valence-corrected chi connectivity index (χ2v) is 7.79. The van der Waals surface area contributed by atoms with E-state index in [1.807, 2.05) is 45.0 Å². The molecule has 3 aromatic rings. The number of aryl methyl sites for hydroxylation is 2. The molecule has 0 aliphatic rings. The van der Waals surface area contributed by atoms with Gasteiger partial charge in [0.05, 0.1) is 6.61 Å². The fourth-order valence-corrected chi connectivity index (χ4v) is 3.14. The minimum Gasteiger partial charge on any atom is -0.494 e. The third-order valence-corrected chi connectivity index (χ3v) is 5.14. The van der Waals surface area contributed by atoms with Gasteiger partial charge in [0.25, 0.3) is 11.8 Å². The van der Waals surface area contributed by atoms with E-state index in [1.54, 1.807) is 48.5 Å². The van der Waals surface area contributed by atoms with Crippen LogP contribution < -0.4 is 20.1 Å². The first-order chi connectivity index (χ1) is 16.9. The lowest BCUT2D eigenvalue weighted by atomic mass is 10.1. The summed E-state index contributed by atoms with van der Waals surface area (Å²) in [7, 11) is 0. The Kier molecular flexibility index (Phi) is 8.63. The number of anilines is 2. The van der Waals surface area contributed by atoms with E-state index in [4.69, 9.17) is 9.47 Å². The minimum absolute atomic E-state index is 0.0414. The van der Waals surface area contributed by atoms with Crippen molar-refractivity contribution < 1.29 is 19.1 Å². The molecule has 3 aromatic carbocycles. The fourth-order valence-electron chi connectivity index (χ4n) is 3.14. The van der Waals surface area contributed by atoms with Crippen LogP contribution in [0.1, 0.15) is 23.6 Å². The average molecular weight is 470 g/mol. The zero-order chi connectivity index (χ0) is 25.2. The fraction of sp³-hybridized carbons (Fsp3) is 0.179. The Labute approximate surface area is 205 Å². The molecule has 0 fully saturated rings. The first-order valence-corrected chi connectivity index (χ1v) is 11.1. The molecule has 178 valence electrons. The molecule has 0 aromatic heterocycles. The highest BCUT2D eigenvalue weighted by Gasteiger charge is 2.10. The van der Waals surface area contributed by atoms with Crippen molar-refractivity contribution in [1.29, 1.82) is 5.26 Å². The highest BCUT2D eigenvalue weighted by Crippen LogP contribution is 2.19. The Morgan fingerprint density at radius 1 is 0.857 bits per heavy atom. The van der Waals surface area contributed by atoms with Gasteiger partial charge in [-0.25, -0.2) is 0 Å². The highest BCUT2D eigenvalue weighted by atomic mass is 16.5. The molecule has 7 heteroatoms. The third kappa shape index (κ3) is 7.47. The van der Waals surface area contributed by atoms with E-state index in [9.17, 15) is 14.9 Å². The second kappa shape index (κ2) is 12.1. The Morgan fingerprint density at radius 3 is 2.11 bits per heavy atom. The number of amides is 2. The lowest BCUT2D eigenvalue weighted by Gasteiger charge is -2.09. The van der Waals surface area contributed by atoms with Crippen molar-refractivity contribution in [3.63, 3.8) is 0 Å². The van der Waals surface area contributed by atoms with E-state index < -0.39 is 5.91 Å². The van der Waals surface area contributed by atoms with Crippen LogP contribution in [0.3, 0.4) is 0 Å². The molecule has 0 spiro atoms. The number of nitrogens with one attached hydrogen (secondary N) is 2. The molecule has 2 N–H and O–H groups in total. The van der Waals surface area contributed by atoms with Crippen LogP contribution in [0.25, 0.3) is 6.08 Å². The van der Waals surface area contributed by atoms with Gasteiger partial charge in [-0.1, -0.05) is 18.2 Å². The number of ether oxygens (including phenoxy) is 2. The quantitative estimate of drug-likeness (QED) is 0.329. The van der Waals surface area contributed by atoms with Crippen molar-refractivity contribution in [1.82, 2.24) is 0 Å². The van der Waals surface area contributed by atoms with Gasteiger partial charge in [0, 0.05) is 11.4 Å². The number of carbonyl (C=O) groups is 2. The summed E-state index contributed by atoms with van der Waals surface area (Å²) in [5.41, 5.74) is 4.13. The molecule has 0 aliphatic carbocycles. The topological polar surface area (TPSA) is 100 Å². The molecule has 3 rings (SSSR count). The molecule has 7 nitrogen and oxygen atoms in total. The van der Waals surface area contributed by atoms with Crippen LogP contribution in [0.5, 0.6) is 11.5 Å². The maximum atomic E-state index is 12.5. The van der Waals surface area contributed by atoms with Crippen molar-refractivity contribution in [3.8, 4) is 17.6 Å². The average Bonchev–Trinajstić information content (AvgIpc) is 2.85. The second-order valence-electron chi connectivity index (χ2n) is 7.79. The summed E-state index contributed by atoms with van der Waals surface area (Å²) in [6, 6.07) is 21.3. The zero-order valence-corrected chi connectivity index (χ0v) is 19.9. The smallest absolute Gasteiger partial charge is 0.266 e. The number of benzene rings is 3. The van der Waals surface area contributed by atoms with Crippen LogP contribution in [0.4, 0.5) is 11.4 Å². The van der Waals surface area contributed by atoms with Crippen LogP contribution in [-0.4, -0.2) is 25.0 Å². The minimum atomic E-state index is -0.514. The molecule has 0 radical (unpaired) electrons. The van der Waals surface area contributed by atoms with Gasteiger partial charge in [0.1, 0.15) is 23.1 Å². The number of nitrogens with zero attached hydrogens (tertiary/aromatic N) is 1. The number of carbonyl (C=O) groups excluding carboxylic acids is 2. The Hall–Kier alpha value is -4.57. The largest absolute Gasteiger partial charge is 0.494 e. The van der Waals surface area contributed by atoms with Crippen LogP contribution in [-0.2, 0) is 9.59 Å². The van der Waals surface area contributed by atoms with Crippen LogP contribution in [0.2, 0.25) is 0 Å². The molecule has 0 saturated carbocycles. The lowest BCUT2D eigenvalue weighted by molar-refractivity contribution is -0.118. The molecule has 0 atom stereocenters. The van der Waals surface area contributed by atoms with Crippen LogP contribution in [0, 0.1) is 25.2 Å². The van der Waals surface area contributed by atoms with E-state index in [2.05, 4.69) is 10.6 Å². The summed E-state index contributed by atoms with van der Waals surface area (Å²) in [4.78, 5) is 24.7. The van der Waals surface area contributed by atoms with Gasteiger partial charge in [-0.2, -0.15) is 5.26 Å². The Balaban J connectivity index is 1.55. The zero-order valence-electron chi connectivity index (χ0n) is 19.9. The van der Waals surface area contributed by atoms with Crippen molar-refractivity contribution in [2.45, 2.75) is 20.8 Å². The van der Waals surface area contributed by atoms with E-state index in [-0.39, 0.29) is 18.1 Å². The van der Waals surface area contributed by atoms with E-state index in [0.29, 0.717) is 29.4 Å². The van der Waals surface area contributed by atoms with Crippen molar-refractivity contribution in [2.24, 2.45) is 0 Å². The van der Waals surface area contributed by atoms with Gasteiger partial charge in [-0.3, -0.25) is 9.59 Å². The van der Waals surface area contributed by atoms with E-state index in [0.717, 1.165) is 16.8 Å². The highest BCUT2D eigenvalue weighted by molar-refractivity contribution is 6.09. The maximum Gasteiger partial charge on any atom is 0.266 e. The van der Waals surface area contributed by atoms with Gasteiger partial charge in [0.2, 0.25) is 0 Å². The molecule has 2 amide bonds. The molecular formula is C28H27N3O4. The normalized spacial score (nSPS) is 10.7. The van der Waals surface area contributed by atoms with Gasteiger partial charge in [-0.05, 0) is 92.1 Å². The maximum absolute atomic E-state index is 12.5. The number of hydrogen-bond donors (Lipinski definition) is 2. The number of nitriles is 1. The monoisotopic (exact) mass is 469 g/mol. The van der Waals surface area contributed by atoms with Crippen molar-refractivity contribution >= 4 is 29.3 Å². The van der Waals surface area contributed by atoms with Crippen LogP contribution in [0.15, 0.2) is 72.3 Å². The first-order valence-electron chi connectivity index (χ1n) is 11.1. The summed E-state index contributed by atoms with van der Waals surface area (Å²) in [6.45, 7) is 6.30. The van der Waals surface area contributed by atoms with Crippen LogP contribution >= 0.6 is 0 Å². The Bertz CT molecular complexity index is 1260. The molecule has 0 unspecified atom stereocenters. The van der Waals surface area contributed by atoms with Gasteiger partial charge in [-0.15, -0.1) is 0 Å². The molecule has 0 saturated heterocycles. The molecule has 0 heterocycles. The van der Waals surface area contributed by atoms with Crippen molar-refractivity contribution in [3.05, 3.63) is 89.0 Å².